The van der Waals surface area contributed by atoms with Crippen LogP contribution in [-0.4, -0.2) is 21.2 Å². The Balaban J connectivity index is 2.88. The molecule has 0 bridgehead atoms. The molecule has 0 fully saturated rings. The summed E-state index contributed by atoms with van der Waals surface area (Å²) in [6.07, 6.45) is 0. The molecule has 0 radical (unpaired) electrons. The molecular weight excluding hydrogens is 138 g/mol. The van der Waals surface area contributed by atoms with Crippen molar-refractivity contribution in [2.24, 2.45) is 5.73 Å². The van der Waals surface area contributed by atoms with Crippen LogP contribution in [0.2, 0.25) is 0 Å². The van der Waals surface area contributed by atoms with Gasteiger partial charge < -0.3 is 15.4 Å². The number of hydrogen-bond donors (Lipinski definition) is 2. The zero-order chi connectivity index (χ0) is 7.56. The van der Waals surface area contributed by atoms with Gasteiger partial charge in [-0.1, -0.05) is 0 Å². The van der Waals surface area contributed by atoms with Crippen molar-refractivity contribution in [1.29, 1.82) is 0 Å². The zero-order valence-electron chi connectivity index (χ0n) is 4.94. The number of aromatic carboxylic acids is 1. The maximum absolute atomic E-state index is 10.1. The smallest absolute Gasteiger partial charge is 0.377 e. The average molecular weight is 143 g/mol. The van der Waals surface area contributed by atoms with Crippen LogP contribution in [0.1, 0.15) is 16.5 Å². The Morgan fingerprint density at radius 3 is 2.80 bits per heavy atom. The van der Waals surface area contributed by atoms with Crippen LogP contribution < -0.4 is 5.73 Å². The van der Waals surface area contributed by atoms with Crippen molar-refractivity contribution in [3.63, 3.8) is 0 Å². The lowest BCUT2D eigenvalue weighted by Gasteiger charge is -1.77. The SMILES string of the molecule is NCc1nc(C(=O)O)no1. The first-order chi connectivity index (χ1) is 4.74. The molecule has 0 amide bonds. The van der Waals surface area contributed by atoms with Crippen molar-refractivity contribution in [2.45, 2.75) is 6.54 Å². The molecule has 0 atom stereocenters. The number of rotatable bonds is 2. The number of carboxylic acid groups (broad SMARTS) is 1. The Labute approximate surface area is 55.6 Å². The summed E-state index contributed by atoms with van der Waals surface area (Å²) >= 11 is 0. The largest absolute Gasteiger partial charge is 0.475 e. The first-order valence-corrected chi connectivity index (χ1v) is 2.50. The Kier molecular flexibility index (Phi) is 1.63. The minimum atomic E-state index is -1.22. The number of nitrogens with two attached hydrogens (primary N) is 1. The molecule has 0 aliphatic rings. The van der Waals surface area contributed by atoms with Crippen molar-refractivity contribution in [1.82, 2.24) is 10.1 Å². The molecule has 0 unspecified atom stereocenters. The number of carboxylic acids is 1. The van der Waals surface area contributed by atoms with Gasteiger partial charge in [0.15, 0.2) is 0 Å². The third-order valence-corrected chi connectivity index (χ3v) is 0.834. The van der Waals surface area contributed by atoms with Crippen LogP contribution in [0, 0.1) is 0 Å². The van der Waals surface area contributed by atoms with E-state index in [-0.39, 0.29) is 18.3 Å². The van der Waals surface area contributed by atoms with Crippen LogP contribution in [-0.2, 0) is 6.54 Å². The average Bonchev–Trinajstić information content (AvgIpc) is 2.34. The maximum atomic E-state index is 10.1. The van der Waals surface area contributed by atoms with E-state index in [9.17, 15) is 4.79 Å². The number of aromatic nitrogens is 2. The highest BCUT2D eigenvalue weighted by Crippen LogP contribution is 1.94. The van der Waals surface area contributed by atoms with Gasteiger partial charge in [-0.25, -0.2) is 4.79 Å². The molecular formula is C4H5N3O3. The summed E-state index contributed by atoms with van der Waals surface area (Å²) in [5.74, 6) is -1.46. The zero-order valence-corrected chi connectivity index (χ0v) is 4.94. The van der Waals surface area contributed by atoms with Gasteiger partial charge in [0.05, 0.1) is 6.54 Å². The number of nitrogens with zero attached hydrogens (tertiary/aromatic N) is 2. The summed E-state index contributed by atoms with van der Waals surface area (Å²) in [7, 11) is 0. The van der Waals surface area contributed by atoms with Gasteiger partial charge in [0.2, 0.25) is 5.89 Å². The predicted molar refractivity (Wildman–Crippen MR) is 29.1 cm³/mol. The van der Waals surface area contributed by atoms with E-state index in [1.807, 2.05) is 0 Å². The van der Waals surface area contributed by atoms with E-state index in [4.69, 9.17) is 10.8 Å². The van der Waals surface area contributed by atoms with Gasteiger partial charge in [-0.05, 0) is 5.16 Å². The second kappa shape index (κ2) is 2.44. The summed E-state index contributed by atoms with van der Waals surface area (Å²) < 4.78 is 4.41. The Bertz CT molecular complexity index is 244. The van der Waals surface area contributed by atoms with Crippen LogP contribution >= 0.6 is 0 Å². The second-order valence-electron chi connectivity index (χ2n) is 1.52. The highest BCUT2D eigenvalue weighted by Gasteiger charge is 2.10. The van der Waals surface area contributed by atoms with Crippen LogP contribution in [0.5, 0.6) is 0 Å². The van der Waals surface area contributed by atoms with E-state index in [2.05, 4.69) is 14.7 Å². The van der Waals surface area contributed by atoms with E-state index in [1.165, 1.54) is 0 Å². The minimum Gasteiger partial charge on any atom is -0.475 e. The predicted octanol–water partition coefficient (Wildman–Crippen LogP) is -0.774. The maximum Gasteiger partial charge on any atom is 0.377 e. The molecule has 1 aromatic heterocycles. The molecule has 0 saturated carbocycles. The quantitative estimate of drug-likeness (QED) is 0.563. The molecule has 0 aromatic carbocycles. The molecule has 0 spiro atoms. The molecule has 6 heteroatoms. The van der Waals surface area contributed by atoms with Crippen molar-refractivity contribution in [3.05, 3.63) is 11.7 Å². The molecule has 10 heavy (non-hydrogen) atoms. The van der Waals surface area contributed by atoms with E-state index >= 15 is 0 Å². The van der Waals surface area contributed by atoms with Gasteiger partial charge in [-0.2, -0.15) is 4.98 Å². The highest BCUT2D eigenvalue weighted by atomic mass is 16.5. The first kappa shape index (κ1) is 6.69. The van der Waals surface area contributed by atoms with Gasteiger partial charge in [-0.3, -0.25) is 0 Å². The highest BCUT2D eigenvalue weighted by molar-refractivity contribution is 5.82. The summed E-state index contributed by atoms with van der Waals surface area (Å²) in [6, 6.07) is 0. The van der Waals surface area contributed by atoms with E-state index < -0.39 is 5.97 Å². The minimum absolute atomic E-state index is 0.0558. The van der Waals surface area contributed by atoms with Crippen molar-refractivity contribution in [3.8, 4) is 0 Å². The molecule has 1 aromatic rings. The number of hydrogen-bond acceptors (Lipinski definition) is 5. The third kappa shape index (κ3) is 1.11. The molecule has 1 heterocycles. The molecule has 54 valence electrons. The van der Waals surface area contributed by atoms with Gasteiger partial charge >= 0.3 is 5.97 Å². The van der Waals surface area contributed by atoms with Crippen LogP contribution in [0.25, 0.3) is 0 Å². The van der Waals surface area contributed by atoms with Gasteiger partial charge in [-0.15, -0.1) is 0 Å². The van der Waals surface area contributed by atoms with Gasteiger partial charge in [0.25, 0.3) is 5.82 Å². The molecule has 1 rings (SSSR count). The lowest BCUT2D eigenvalue weighted by molar-refractivity contribution is 0.0680. The molecule has 0 aliphatic carbocycles. The van der Waals surface area contributed by atoms with Crippen LogP contribution in [0.4, 0.5) is 0 Å². The molecule has 0 saturated heterocycles. The van der Waals surface area contributed by atoms with Crippen molar-refractivity contribution < 1.29 is 14.4 Å². The normalized spacial score (nSPS) is 9.70. The van der Waals surface area contributed by atoms with Gasteiger partial charge in [0, 0.05) is 0 Å². The van der Waals surface area contributed by atoms with Crippen LogP contribution in [0.3, 0.4) is 0 Å². The van der Waals surface area contributed by atoms with Crippen molar-refractivity contribution >= 4 is 5.97 Å². The van der Waals surface area contributed by atoms with E-state index in [0.29, 0.717) is 0 Å². The summed E-state index contributed by atoms with van der Waals surface area (Å²) in [5.41, 5.74) is 5.07. The lowest BCUT2D eigenvalue weighted by Crippen LogP contribution is -2.00. The Hall–Kier alpha value is -1.43. The summed E-state index contributed by atoms with van der Waals surface area (Å²) in [4.78, 5) is 13.5. The Morgan fingerprint density at radius 2 is 2.50 bits per heavy atom. The fourth-order valence-corrected chi connectivity index (χ4v) is 0.425. The fraction of sp³-hybridized carbons (Fsp3) is 0.250. The molecule has 0 aliphatic heterocycles. The third-order valence-electron chi connectivity index (χ3n) is 0.834. The molecule has 3 N–H and O–H groups in total. The Morgan fingerprint density at radius 1 is 1.80 bits per heavy atom. The fourth-order valence-electron chi connectivity index (χ4n) is 0.425. The topological polar surface area (TPSA) is 102 Å². The first-order valence-electron chi connectivity index (χ1n) is 2.50. The van der Waals surface area contributed by atoms with Crippen molar-refractivity contribution in [2.75, 3.05) is 0 Å². The summed E-state index contributed by atoms with van der Waals surface area (Å²) in [6.45, 7) is 0.0558. The van der Waals surface area contributed by atoms with E-state index in [0.717, 1.165) is 0 Å². The van der Waals surface area contributed by atoms with Crippen LogP contribution in [0.15, 0.2) is 4.52 Å². The number of carbonyl (C=O) groups is 1. The second-order valence-corrected chi connectivity index (χ2v) is 1.52. The van der Waals surface area contributed by atoms with Gasteiger partial charge in [0.1, 0.15) is 0 Å². The summed E-state index contributed by atoms with van der Waals surface area (Å²) in [5, 5.41) is 11.4. The monoisotopic (exact) mass is 143 g/mol. The standard InChI is InChI=1S/C4H5N3O3/c5-1-2-6-3(4(8)9)7-10-2/h1,5H2,(H,8,9). The lowest BCUT2D eigenvalue weighted by atomic mass is 10.6. The molecule has 6 nitrogen and oxygen atoms in total. The van der Waals surface area contributed by atoms with E-state index in [1.54, 1.807) is 0 Å².